The number of aromatic nitrogens is 1. The number of hydrazone groups is 1. The van der Waals surface area contributed by atoms with Gasteiger partial charge in [0.25, 0.3) is 5.91 Å². The maximum absolute atomic E-state index is 12.1. The van der Waals surface area contributed by atoms with Crippen molar-refractivity contribution in [2.45, 2.75) is 6.61 Å². The van der Waals surface area contributed by atoms with Gasteiger partial charge in [-0.15, -0.1) is 0 Å². The van der Waals surface area contributed by atoms with E-state index in [9.17, 15) is 4.79 Å². The number of nitrogens with zero attached hydrogens (tertiary/aromatic N) is 2. The SMILES string of the molecule is O=C(COc1cccc2cccnc12)N/N=C/c1ccc(OCc2ccc(Cl)cc2)c(I)c1. The highest BCUT2D eigenvalue weighted by Crippen LogP contribution is 2.24. The Morgan fingerprint density at radius 1 is 1.03 bits per heavy atom. The van der Waals surface area contributed by atoms with E-state index in [4.69, 9.17) is 21.1 Å². The summed E-state index contributed by atoms with van der Waals surface area (Å²) in [6.07, 6.45) is 3.26. The Morgan fingerprint density at radius 2 is 1.85 bits per heavy atom. The predicted octanol–water partition coefficient (Wildman–Crippen LogP) is 5.60. The molecule has 1 N–H and O–H groups in total. The Labute approximate surface area is 209 Å². The molecule has 0 spiro atoms. The number of nitrogens with one attached hydrogen (secondary N) is 1. The maximum atomic E-state index is 12.1. The van der Waals surface area contributed by atoms with Gasteiger partial charge in [-0.2, -0.15) is 5.10 Å². The summed E-state index contributed by atoms with van der Waals surface area (Å²) in [7, 11) is 0. The van der Waals surface area contributed by atoms with Gasteiger partial charge in [0.15, 0.2) is 6.61 Å². The van der Waals surface area contributed by atoms with E-state index in [1.165, 1.54) is 0 Å². The van der Waals surface area contributed by atoms with Crippen molar-refractivity contribution in [3.05, 3.63) is 98.7 Å². The second-order valence-electron chi connectivity index (χ2n) is 7.02. The first-order valence-electron chi connectivity index (χ1n) is 10.0. The van der Waals surface area contributed by atoms with Crippen molar-refractivity contribution in [3.63, 3.8) is 0 Å². The molecule has 4 aromatic rings. The van der Waals surface area contributed by atoms with Crippen LogP contribution in [-0.2, 0) is 11.4 Å². The molecule has 1 aromatic heterocycles. The number of fused-ring (bicyclic) bond motifs is 1. The van der Waals surface area contributed by atoms with Gasteiger partial charge < -0.3 is 9.47 Å². The molecule has 0 aliphatic heterocycles. The summed E-state index contributed by atoms with van der Waals surface area (Å²) in [6.45, 7) is 0.283. The quantitative estimate of drug-likeness (QED) is 0.170. The second-order valence-corrected chi connectivity index (χ2v) is 8.62. The van der Waals surface area contributed by atoms with Gasteiger partial charge in [0.05, 0.1) is 9.78 Å². The number of benzene rings is 3. The molecule has 0 saturated carbocycles. The Hall–Kier alpha value is -3.17. The van der Waals surface area contributed by atoms with E-state index in [1.807, 2.05) is 66.7 Å². The molecule has 0 aliphatic rings. The molecule has 0 bridgehead atoms. The summed E-state index contributed by atoms with van der Waals surface area (Å²) in [5.74, 6) is 0.955. The number of hydrogen-bond acceptors (Lipinski definition) is 5. The Balaban J connectivity index is 1.28. The minimum Gasteiger partial charge on any atom is -0.488 e. The Kier molecular flexibility index (Phi) is 7.74. The largest absolute Gasteiger partial charge is 0.488 e. The first kappa shape index (κ1) is 23.0. The van der Waals surface area contributed by atoms with E-state index in [-0.39, 0.29) is 12.5 Å². The zero-order chi connectivity index (χ0) is 23.0. The highest BCUT2D eigenvalue weighted by atomic mass is 127. The van der Waals surface area contributed by atoms with Crippen LogP contribution in [0.2, 0.25) is 5.02 Å². The molecule has 3 aromatic carbocycles. The van der Waals surface area contributed by atoms with Crippen molar-refractivity contribution in [1.82, 2.24) is 10.4 Å². The first-order valence-corrected chi connectivity index (χ1v) is 11.5. The smallest absolute Gasteiger partial charge is 0.277 e. The summed E-state index contributed by atoms with van der Waals surface area (Å²) in [6, 6.07) is 22.6. The Bertz CT molecular complexity index is 1290. The topological polar surface area (TPSA) is 72.8 Å². The maximum Gasteiger partial charge on any atom is 0.277 e. The van der Waals surface area contributed by atoms with Gasteiger partial charge >= 0.3 is 0 Å². The monoisotopic (exact) mass is 571 g/mol. The molecule has 0 atom stereocenters. The lowest BCUT2D eigenvalue weighted by atomic mass is 10.2. The van der Waals surface area contributed by atoms with Gasteiger partial charge in [-0.3, -0.25) is 9.78 Å². The Morgan fingerprint density at radius 3 is 2.67 bits per heavy atom. The zero-order valence-electron chi connectivity index (χ0n) is 17.4. The molecule has 166 valence electrons. The van der Waals surface area contributed by atoms with Crippen molar-refractivity contribution >= 4 is 57.2 Å². The van der Waals surface area contributed by atoms with Crippen molar-refractivity contribution in [2.75, 3.05) is 6.61 Å². The fourth-order valence-electron chi connectivity index (χ4n) is 3.00. The lowest BCUT2D eigenvalue weighted by molar-refractivity contribution is -0.123. The van der Waals surface area contributed by atoms with Gasteiger partial charge in [-0.1, -0.05) is 41.9 Å². The molecule has 33 heavy (non-hydrogen) atoms. The van der Waals surface area contributed by atoms with E-state index < -0.39 is 0 Å². The van der Waals surface area contributed by atoms with Crippen LogP contribution in [0, 0.1) is 3.57 Å². The van der Waals surface area contributed by atoms with Crippen LogP contribution in [-0.4, -0.2) is 23.7 Å². The highest BCUT2D eigenvalue weighted by Gasteiger charge is 2.06. The van der Waals surface area contributed by atoms with Crippen LogP contribution in [0.25, 0.3) is 10.9 Å². The molecule has 4 rings (SSSR count). The number of rotatable bonds is 8. The van der Waals surface area contributed by atoms with E-state index >= 15 is 0 Å². The average Bonchev–Trinajstić information content (AvgIpc) is 2.83. The molecule has 0 aliphatic carbocycles. The van der Waals surface area contributed by atoms with Crippen LogP contribution in [0.1, 0.15) is 11.1 Å². The first-order chi connectivity index (χ1) is 16.1. The highest BCUT2D eigenvalue weighted by molar-refractivity contribution is 14.1. The van der Waals surface area contributed by atoms with Crippen molar-refractivity contribution in [2.24, 2.45) is 5.10 Å². The third-order valence-electron chi connectivity index (χ3n) is 4.62. The van der Waals surface area contributed by atoms with Crippen LogP contribution in [0.3, 0.4) is 0 Å². The van der Waals surface area contributed by atoms with Crippen LogP contribution >= 0.6 is 34.2 Å². The van der Waals surface area contributed by atoms with Gasteiger partial charge in [-0.25, -0.2) is 5.43 Å². The molecule has 6 nitrogen and oxygen atoms in total. The molecular formula is C25H19ClIN3O3. The van der Waals surface area contributed by atoms with Crippen LogP contribution < -0.4 is 14.9 Å². The molecule has 1 heterocycles. The van der Waals surface area contributed by atoms with Gasteiger partial charge in [0, 0.05) is 16.6 Å². The van der Waals surface area contributed by atoms with Gasteiger partial charge in [-0.05, 0) is 76.2 Å². The van der Waals surface area contributed by atoms with Crippen LogP contribution in [0.15, 0.2) is 84.1 Å². The van der Waals surface area contributed by atoms with E-state index in [1.54, 1.807) is 18.5 Å². The standard InChI is InChI=1S/C25H19ClIN3O3/c26-20-9-6-17(7-10-20)15-32-22-11-8-18(13-21(22)27)14-29-30-24(31)16-33-23-5-1-3-19-4-2-12-28-25(19)23/h1-14H,15-16H2,(H,30,31)/b29-14+. The van der Waals surface area contributed by atoms with Crippen molar-refractivity contribution in [3.8, 4) is 11.5 Å². The molecule has 8 heteroatoms. The number of hydrogen-bond donors (Lipinski definition) is 1. The van der Waals surface area contributed by atoms with Gasteiger partial charge in [0.2, 0.25) is 0 Å². The third kappa shape index (κ3) is 6.43. The average molecular weight is 572 g/mol. The van der Waals surface area contributed by atoms with Crippen molar-refractivity contribution in [1.29, 1.82) is 0 Å². The normalized spacial score (nSPS) is 11.0. The number of para-hydroxylation sites is 1. The minimum atomic E-state index is -0.364. The summed E-state index contributed by atoms with van der Waals surface area (Å²) in [4.78, 5) is 16.4. The molecule has 1 amide bonds. The van der Waals surface area contributed by atoms with E-state index in [2.05, 4.69) is 38.1 Å². The summed E-state index contributed by atoms with van der Waals surface area (Å²) in [5.41, 5.74) is 5.05. The number of halogens is 2. The number of carbonyl (C=O) groups excluding carboxylic acids is 1. The second kappa shape index (κ2) is 11.1. The minimum absolute atomic E-state index is 0.165. The zero-order valence-corrected chi connectivity index (χ0v) is 20.3. The van der Waals surface area contributed by atoms with Crippen LogP contribution in [0.4, 0.5) is 0 Å². The van der Waals surface area contributed by atoms with Crippen LogP contribution in [0.5, 0.6) is 11.5 Å². The molecular weight excluding hydrogens is 553 g/mol. The summed E-state index contributed by atoms with van der Waals surface area (Å²) >= 11 is 8.11. The fraction of sp³-hybridized carbons (Fsp3) is 0.0800. The summed E-state index contributed by atoms with van der Waals surface area (Å²) in [5, 5.41) is 5.66. The third-order valence-corrected chi connectivity index (χ3v) is 5.72. The predicted molar refractivity (Wildman–Crippen MR) is 138 cm³/mol. The number of pyridine rings is 1. The van der Waals surface area contributed by atoms with E-state index in [0.717, 1.165) is 25.8 Å². The lowest BCUT2D eigenvalue weighted by Gasteiger charge is -2.09. The lowest BCUT2D eigenvalue weighted by Crippen LogP contribution is -2.24. The molecule has 0 saturated heterocycles. The fourth-order valence-corrected chi connectivity index (χ4v) is 3.82. The number of carbonyl (C=O) groups is 1. The molecule has 0 radical (unpaired) electrons. The van der Waals surface area contributed by atoms with Gasteiger partial charge in [0.1, 0.15) is 23.6 Å². The number of amides is 1. The van der Waals surface area contributed by atoms with E-state index in [0.29, 0.717) is 22.9 Å². The van der Waals surface area contributed by atoms with Crippen molar-refractivity contribution < 1.29 is 14.3 Å². The summed E-state index contributed by atoms with van der Waals surface area (Å²) < 4.78 is 12.4. The molecule has 0 fully saturated rings. The molecule has 0 unspecified atom stereocenters. The number of ether oxygens (including phenoxy) is 2.